The van der Waals surface area contributed by atoms with Gasteiger partial charge in [0.2, 0.25) is 0 Å². The molecule has 0 heterocycles. The molecule has 0 aliphatic heterocycles. The standard InChI is InChI=1S/C18H18Cl2O/c19-11-13-8-9-18(17(20)10-13)21-12-15-6-3-5-14-4-1-2-7-16(14)15/h1-2,4,7-10,15H,3,5-6,11-12H2. The van der Waals surface area contributed by atoms with Crippen LogP contribution in [-0.4, -0.2) is 6.61 Å². The van der Waals surface area contributed by atoms with Gasteiger partial charge in [-0.25, -0.2) is 0 Å². The van der Waals surface area contributed by atoms with Crippen LogP contribution in [0.2, 0.25) is 5.02 Å². The molecule has 0 amide bonds. The zero-order chi connectivity index (χ0) is 14.7. The van der Waals surface area contributed by atoms with Crippen molar-refractivity contribution < 1.29 is 4.74 Å². The van der Waals surface area contributed by atoms with Crippen LogP contribution in [0, 0.1) is 0 Å². The molecule has 2 aromatic rings. The quantitative estimate of drug-likeness (QED) is 0.668. The van der Waals surface area contributed by atoms with Crippen molar-refractivity contribution in [1.82, 2.24) is 0 Å². The van der Waals surface area contributed by atoms with Gasteiger partial charge in [-0.2, -0.15) is 0 Å². The Morgan fingerprint density at radius 3 is 2.81 bits per heavy atom. The normalized spacial score (nSPS) is 17.3. The zero-order valence-electron chi connectivity index (χ0n) is 11.8. The molecule has 0 bridgehead atoms. The molecule has 0 saturated carbocycles. The minimum atomic E-state index is 0.457. The fraction of sp³-hybridized carbons (Fsp3) is 0.333. The highest BCUT2D eigenvalue weighted by Gasteiger charge is 2.20. The van der Waals surface area contributed by atoms with Gasteiger partial charge in [0.05, 0.1) is 11.6 Å². The van der Waals surface area contributed by atoms with Crippen molar-refractivity contribution in [3.8, 4) is 5.75 Å². The zero-order valence-corrected chi connectivity index (χ0v) is 13.3. The minimum Gasteiger partial charge on any atom is -0.491 e. The van der Waals surface area contributed by atoms with E-state index in [1.54, 1.807) is 0 Å². The van der Waals surface area contributed by atoms with Crippen molar-refractivity contribution >= 4 is 23.2 Å². The molecule has 0 saturated heterocycles. The van der Waals surface area contributed by atoms with Gasteiger partial charge in [0.25, 0.3) is 0 Å². The van der Waals surface area contributed by atoms with E-state index in [1.165, 1.54) is 30.4 Å². The van der Waals surface area contributed by atoms with Gasteiger partial charge in [-0.15, -0.1) is 11.6 Å². The summed E-state index contributed by atoms with van der Waals surface area (Å²) in [4.78, 5) is 0. The van der Waals surface area contributed by atoms with Crippen LogP contribution in [0.15, 0.2) is 42.5 Å². The molecular formula is C18H18Cl2O. The van der Waals surface area contributed by atoms with Gasteiger partial charge in [-0.05, 0) is 48.1 Å². The summed E-state index contributed by atoms with van der Waals surface area (Å²) >= 11 is 12.0. The molecule has 0 N–H and O–H groups in total. The third kappa shape index (κ3) is 3.36. The number of benzene rings is 2. The summed E-state index contributed by atoms with van der Waals surface area (Å²) in [7, 11) is 0. The number of aryl methyl sites for hydroxylation is 1. The van der Waals surface area contributed by atoms with Crippen molar-refractivity contribution in [2.45, 2.75) is 31.1 Å². The topological polar surface area (TPSA) is 9.23 Å². The van der Waals surface area contributed by atoms with Crippen LogP contribution in [0.3, 0.4) is 0 Å². The van der Waals surface area contributed by atoms with E-state index in [4.69, 9.17) is 27.9 Å². The number of hydrogen-bond acceptors (Lipinski definition) is 1. The van der Waals surface area contributed by atoms with E-state index in [2.05, 4.69) is 24.3 Å². The fourth-order valence-electron chi connectivity index (χ4n) is 2.96. The molecule has 110 valence electrons. The summed E-state index contributed by atoms with van der Waals surface area (Å²) in [5.41, 5.74) is 3.90. The van der Waals surface area contributed by atoms with Gasteiger partial charge in [-0.1, -0.05) is 41.9 Å². The summed E-state index contributed by atoms with van der Waals surface area (Å²) in [5.74, 6) is 1.67. The highest BCUT2D eigenvalue weighted by molar-refractivity contribution is 6.32. The first-order valence-corrected chi connectivity index (χ1v) is 8.24. The molecule has 3 heteroatoms. The number of alkyl halides is 1. The smallest absolute Gasteiger partial charge is 0.137 e. The van der Waals surface area contributed by atoms with Crippen LogP contribution >= 0.6 is 23.2 Å². The van der Waals surface area contributed by atoms with Crippen LogP contribution in [-0.2, 0) is 12.3 Å². The molecule has 2 aromatic carbocycles. The lowest BCUT2D eigenvalue weighted by molar-refractivity contribution is 0.275. The summed E-state index contributed by atoms with van der Waals surface area (Å²) in [5, 5.41) is 0.636. The molecule has 21 heavy (non-hydrogen) atoms. The van der Waals surface area contributed by atoms with Crippen LogP contribution in [0.4, 0.5) is 0 Å². The molecule has 1 unspecified atom stereocenters. The molecule has 1 atom stereocenters. The first kappa shape index (κ1) is 14.7. The monoisotopic (exact) mass is 320 g/mol. The van der Waals surface area contributed by atoms with Gasteiger partial charge in [-0.3, -0.25) is 0 Å². The highest BCUT2D eigenvalue weighted by atomic mass is 35.5. The summed E-state index contributed by atoms with van der Waals surface area (Å²) in [6, 6.07) is 14.4. The number of ether oxygens (including phenoxy) is 1. The van der Waals surface area contributed by atoms with Crippen LogP contribution in [0.5, 0.6) is 5.75 Å². The Morgan fingerprint density at radius 1 is 1.14 bits per heavy atom. The van der Waals surface area contributed by atoms with Crippen molar-refractivity contribution in [3.63, 3.8) is 0 Å². The first-order valence-electron chi connectivity index (χ1n) is 7.33. The number of hydrogen-bond donors (Lipinski definition) is 0. The van der Waals surface area contributed by atoms with Crippen molar-refractivity contribution in [3.05, 3.63) is 64.2 Å². The molecule has 3 rings (SSSR count). The third-order valence-corrected chi connectivity index (χ3v) is 4.69. The Kier molecular flexibility index (Phi) is 4.72. The molecule has 0 aromatic heterocycles. The van der Waals surface area contributed by atoms with E-state index >= 15 is 0 Å². The van der Waals surface area contributed by atoms with E-state index in [9.17, 15) is 0 Å². The minimum absolute atomic E-state index is 0.457. The second-order valence-corrected chi connectivity index (χ2v) is 6.17. The maximum absolute atomic E-state index is 6.24. The van der Waals surface area contributed by atoms with Crippen LogP contribution < -0.4 is 4.74 Å². The predicted molar refractivity (Wildman–Crippen MR) is 88.6 cm³/mol. The Hall–Kier alpha value is -1.18. The molecule has 0 radical (unpaired) electrons. The van der Waals surface area contributed by atoms with E-state index in [-0.39, 0.29) is 0 Å². The van der Waals surface area contributed by atoms with E-state index in [0.717, 1.165) is 11.3 Å². The number of rotatable bonds is 4. The SMILES string of the molecule is ClCc1ccc(OCC2CCCc3ccccc32)c(Cl)c1. The lowest BCUT2D eigenvalue weighted by Crippen LogP contribution is -2.16. The molecule has 1 aliphatic rings. The predicted octanol–water partition coefficient (Wildman–Crippen LogP) is 5.58. The lowest BCUT2D eigenvalue weighted by Gasteiger charge is -2.25. The molecular weight excluding hydrogens is 303 g/mol. The molecule has 0 spiro atoms. The maximum atomic E-state index is 6.24. The molecule has 1 aliphatic carbocycles. The van der Waals surface area contributed by atoms with Crippen molar-refractivity contribution in [2.24, 2.45) is 0 Å². The summed E-state index contributed by atoms with van der Waals surface area (Å²) in [6.07, 6.45) is 3.58. The number of fused-ring (bicyclic) bond motifs is 1. The second-order valence-electron chi connectivity index (χ2n) is 5.50. The molecule has 0 fully saturated rings. The van der Waals surface area contributed by atoms with E-state index < -0.39 is 0 Å². The largest absolute Gasteiger partial charge is 0.491 e. The average molecular weight is 321 g/mol. The maximum Gasteiger partial charge on any atom is 0.137 e. The van der Waals surface area contributed by atoms with Crippen LogP contribution in [0.1, 0.15) is 35.4 Å². The van der Waals surface area contributed by atoms with Gasteiger partial charge >= 0.3 is 0 Å². The Labute approximate surface area is 135 Å². The lowest BCUT2D eigenvalue weighted by atomic mass is 9.83. The van der Waals surface area contributed by atoms with Crippen molar-refractivity contribution in [2.75, 3.05) is 6.61 Å². The van der Waals surface area contributed by atoms with Gasteiger partial charge in [0.1, 0.15) is 5.75 Å². The Bertz CT molecular complexity index is 624. The van der Waals surface area contributed by atoms with Crippen LogP contribution in [0.25, 0.3) is 0 Å². The highest BCUT2D eigenvalue weighted by Crippen LogP contribution is 2.33. The Balaban J connectivity index is 1.71. The summed E-state index contributed by atoms with van der Waals surface area (Å²) in [6.45, 7) is 0.678. The Morgan fingerprint density at radius 2 is 2.00 bits per heavy atom. The third-order valence-electron chi connectivity index (χ3n) is 4.08. The first-order chi connectivity index (χ1) is 10.3. The fourth-order valence-corrected chi connectivity index (χ4v) is 3.39. The second kappa shape index (κ2) is 6.72. The van der Waals surface area contributed by atoms with E-state index in [1.807, 2.05) is 18.2 Å². The van der Waals surface area contributed by atoms with Gasteiger partial charge in [0, 0.05) is 11.8 Å². The van der Waals surface area contributed by atoms with Gasteiger partial charge < -0.3 is 4.74 Å². The summed E-state index contributed by atoms with van der Waals surface area (Å²) < 4.78 is 5.96. The van der Waals surface area contributed by atoms with E-state index in [0.29, 0.717) is 23.4 Å². The molecule has 1 nitrogen and oxygen atoms in total. The average Bonchev–Trinajstić information content (AvgIpc) is 2.53. The van der Waals surface area contributed by atoms with Crippen molar-refractivity contribution in [1.29, 1.82) is 0 Å². The number of halogens is 2. The van der Waals surface area contributed by atoms with Gasteiger partial charge in [0.15, 0.2) is 0 Å².